The molecule has 3 aromatic carbocycles. The molecule has 0 unspecified atom stereocenters. The fourth-order valence-corrected chi connectivity index (χ4v) is 5.35. The van der Waals surface area contributed by atoms with Crippen LogP contribution in [0.3, 0.4) is 0 Å². The first-order valence-corrected chi connectivity index (χ1v) is 11.4. The maximum atomic E-state index is 13.5. The third kappa shape index (κ3) is 3.58. The summed E-state index contributed by atoms with van der Waals surface area (Å²) in [4.78, 5) is 28.3. The predicted octanol–water partition coefficient (Wildman–Crippen LogP) is 3.96. The van der Waals surface area contributed by atoms with Gasteiger partial charge in [0.15, 0.2) is 0 Å². The first-order valence-electron chi connectivity index (χ1n) is 10.5. The second-order valence-corrected chi connectivity index (χ2v) is 8.68. The van der Waals surface area contributed by atoms with E-state index in [-0.39, 0.29) is 11.4 Å². The Hall–Kier alpha value is -4.48. The van der Waals surface area contributed by atoms with Crippen LogP contribution in [0, 0.1) is 11.3 Å². The number of nitrogens with zero attached hydrogens (tertiary/aromatic N) is 3. The molecule has 2 heterocycles. The van der Waals surface area contributed by atoms with E-state index in [4.69, 9.17) is 5.73 Å². The number of carbonyl (C=O) groups is 2. The summed E-state index contributed by atoms with van der Waals surface area (Å²) < 4.78 is 0. The number of nitrogens with one attached hydrogen (secondary N) is 1. The van der Waals surface area contributed by atoms with Gasteiger partial charge in [-0.05, 0) is 29.8 Å². The zero-order chi connectivity index (χ0) is 23.7. The SMILES string of the molecule is N#CC1=C(N)N(c2ccccc2)/C(=C2/C(=O)NN(c3ccccc3)C2=O)S[C@H]1c1ccccc1. The quantitative estimate of drug-likeness (QED) is 0.448. The highest BCUT2D eigenvalue weighted by molar-refractivity contribution is 8.03. The monoisotopic (exact) mass is 465 g/mol. The largest absolute Gasteiger partial charge is 0.384 e. The Morgan fingerprint density at radius 2 is 1.41 bits per heavy atom. The molecule has 2 aliphatic rings. The van der Waals surface area contributed by atoms with Gasteiger partial charge >= 0.3 is 0 Å². The Bertz CT molecular complexity index is 1360. The van der Waals surface area contributed by atoms with Gasteiger partial charge in [-0.25, -0.2) is 5.01 Å². The van der Waals surface area contributed by atoms with Gasteiger partial charge in [-0.15, -0.1) is 0 Å². The van der Waals surface area contributed by atoms with Crippen molar-refractivity contribution in [3.05, 3.63) is 119 Å². The number of amides is 2. The standard InChI is InChI=1S/C26H19N5O2S/c27-16-20-22(17-10-4-1-5-11-17)34-26(30(23(20)28)18-12-6-2-7-13-18)21-24(32)29-31(25(21)33)19-14-8-3-9-15-19/h1-15,22H,28H2,(H,29,32)/b26-21+/t22-/m0/s1. The van der Waals surface area contributed by atoms with E-state index < -0.39 is 17.1 Å². The number of anilines is 2. The summed E-state index contributed by atoms with van der Waals surface area (Å²) in [6.45, 7) is 0. The molecular formula is C26H19N5O2S. The number of hydrogen-bond acceptors (Lipinski definition) is 6. The van der Waals surface area contributed by atoms with Crippen LogP contribution in [0.1, 0.15) is 10.8 Å². The first-order chi connectivity index (χ1) is 16.6. The number of hydrogen-bond donors (Lipinski definition) is 2. The Balaban J connectivity index is 1.71. The van der Waals surface area contributed by atoms with Crippen molar-refractivity contribution in [2.45, 2.75) is 5.25 Å². The molecular weight excluding hydrogens is 446 g/mol. The summed E-state index contributed by atoms with van der Waals surface area (Å²) in [6.07, 6.45) is 0. The Morgan fingerprint density at radius 3 is 2.00 bits per heavy atom. The van der Waals surface area contributed by atoms with Crippen LogP contribution in [0.4, 0.5) is 11.4 Å². The molecule has 34 heavy (non-hydrogen) atoms. The van der Waals surface area contributed by atoms with Crippen molar-refractivity contribution >= 4 is 35.0 Å². The molecule has 8 heteroatoms. The molecule has 0 aliphatic carbocycles. The molecule has 3 N–H and O–H groups in total. The predicted molar refractivity (Wildman–Crippen MR) is 132 cm³/mol. The lowest BCUT2D eigenvalue weighted by Gasteiger charge is -2.36. The van der Waals surface area contributed by atoms with Crippen LogP contribution in [0.5, 0.6) is 0 Å². The maximum absolute atomic E-state index is 13.5. The minimum atomic E-state index is -0.530. The van der Waals surface area contributed by atoms with Crippen LogP contribution in [0.25, 0.3) is 0 Å². The van der Waals surface area contributed by atoms with Crippen LogP contribution in [-0.2, 0) is 9.59 Å². The number of nitriles is 1. The molecule has 2 aliphatic heterocycles. The first kappa shape index (κ1) is 21.4. The number of hydrazine groups is 1. The Kier molecular flexibility index (Phi) is 5.54. The van der Waals surface area contributed by atoms with Gasteiger partial charge in [0, 0.05) is 5.69 Å². The molecule has 5 rings (SSSR count). The molecule has 0 saturated carbocycles. The van der Waals surface area contributed by atoms with Crippen LogP contribution >= 0.6 is 11.8 Å². The molecule has 166 valence electrons. The topological polar surface area (TPSA) is 102 Å². The van der Waals surface area contributed by atoms with E-state index in [0.29, 0.717) is 22.0 Å². The minimum absolute atomic E-state index is 0.0291. The lowest BCUT2D eigenvalue weighted by atomic mass is 10.0. The number of rotatable bonds is 3. The number of nitrogens with two attached hydrogens (primary N) is 1. The van der Waals surface area contributed by atoms with E-state index in [1.807, 2.05) is 66.7 Å². The zero-order valence-electron chi connectivity index (χ0n) is 17.9. The number of para-hydroxylation sites is 2. The second-order valence-electron chi connectivity index (χ2n) is 7.59. The summed E-state index contributed by atoms with van der Waals surface area (Å²) in [5, 5.41) is 11.1. The van der Waals surface area contributed by atoms with E-state index in [9.17, 15) is 14.9 Å². The van der Waals surface area contributed by atoms with Crippen molar-refractivity contribution in [3.63, 3.8) is 0 Å². The normalized spacial score (nSPS) is 20.4. The summed E-state index contributed by atoms with van der Waals surface area (Å²) in [6, 6.07) is 29.7. The molecule has 1 fully saturated rings. The van der Waals surface area contributed by atoms with Crippen molar-refractivity contribution in [2.75, 3.05) is 9.91 Å². The Morgan fingerprint density at radius 1 is 0.853 bits per heavy atom. The third-order valence-corrected chi connectivity index (χ3v) is 6.89. The van der Waals surface area contributed by atoms with E-state index in [1.165, 1.54) is 16.8 Å². The average molecular weight is 466 g/mol. The van der Waals surface area contributed by atoms with Crippen molar-refractivity contribution in [2.24, 2.45) is 5.73 Å². The lowest BCUT2D eigenvalue weighted by Crippen LogP contribution is -2.35. The van der Waals surface area contributed by atoms with E-state index in [0.717, 1.165) is 5.56 Å². The lowest BCUT2D eigenvalue weighted by molar-refractivity contribution is -0.117. The van der Waals surface area contributed by atoms with Gasteiger partial charge in [-0.1, -0.05) is 78.5 Å². The molecule has 0 spiro atoms. The highest BCUT2D eigenvalue weighted by Crippen LogP contribution is 2.50. The number of thioether (sulfide) groups is 1. The van der Waals surface area contributed by atoms with Gasteiger partial charge in [-0.3, -0.25) is 19.9 Å². The van der Waals surface area contributed by atoms with Gasteiger partial charge < -0.3 is 5.73 Å². The minimum Gasteiger partial charge on any atom is -0.384 e. The highest BCUT2D eigenvalue weighted by Gasteiger charge is 2.43. The average Bonchev–Trinajstić information content (AvgIpc) is 3.18. The number of carbonyl (C=O) groups excluding carboxylic acids is 2. The smallest absolute Gasteiger partial charge is 0.285 e. The van der Waals surface area contributed by atoms with E-state index in [2.05, 4.69) is 11.5 Å². The summed E-state index contributed by atoms with van der Waals surface area (Å²) in [5.74, 6) is -0.834. The fourth-order valence-electron chi connectivity index (χ4n) is 3.93. The van der Waals surface area contributed by atoms with Crippen LogP contribution < -0.4 is 21.1 Å². The summed E-state index contributed by atoms with van der Waals surface area (Å²) in [7, 11) is 0. The van der Waals surface area contributed by atoms with Gasteiger partial charge in [0.2, 0.25) is 0 Å². The molecule has 2 amide bonds. The van der Waals surface area contributed by atoms with Gasteiger partial charge in [0.1, 0.15) is 22.5 Å². The van der Waals surface area contributed by atoms with Crippen LogP contribution in [-0.4, -0.2) is 11.8 Å². The van der Waals surface area contributed by atoms with E-state index in [1.54, 1.807) is 29.2 Å². The van der Waals surface area contributed by atoms with Crippen molar-refractivity contribution < 1.29 is 9.59 Å². The van der Waals surface area contributed by atoms with Crippen molar-refractivity contribution in [3.8, 4) is 6.07 Å². The maximum Gasteiger partial charge on any atom is 0.285 e. The van der Waals surface area contributed by atoms with Crippen molar-refractivity contribution in [1.82, 2.24) is 5.43 Å². The molecule has 1 saturated heterocycles. The number of benzene rings is 3. The highest BCUT2D eigenvalue weighted by atomic mass is 32.2. The third-order valence-electron chi connectivity index (χ3n) is 5.53. The van der Waals surface area contributed by atoms with Gasteiger partial charge in [0.05, 0.1) is 16.5 Å². The Labute approximate surface area is 200 Å². The molecule has 7 nitrogen and oxygen atoms in total. The molecule has 0 aromatic heterocycles. The summed E-state index contributed by atoms with van der Waals surface area (Å²) >= 11 is 1.26. The molecule has 0 bridgehead atoms. The van der Waals surface area contributed by atoms with Gasteiger partial charge in [-0.2, -0.15) is 5.26 Å². The van der Waals surface area contributed by atoms with Crippen LogP contribution in [0.15, 0.2) is 113 Å². The summed E-state index contributed by atoms with van der Waals surface area (Å²) in [5.41, 5.74) is 11.6. The zero-order valence-corrected chi connectivity index (χ0v) is 18.7. The fraction of sp³-hybridized carbons (Fsp3) is 0.0385. The molecule has 3 aromatic rings. The molecule has 1 atom stereocenters. The molecule has 0 radical (unpaired) electrons. The van der Waals surface area contributed by atoms with E-state index >= 15 is 0 Å². The van der Waals surface area contributed by atoms with Gasteiger partial charge in [0.25, 0.3) is 11.8 Å². The van der Waals surface area contributed by atoms with Crippen LogP contribution in [0.2, 0.25) is 0 Å². The van der Waals surface area contributed by atoms with Crippen molar-refractivity contribution in [1.29, 1.82) is 5.26 Å². The second kappa shape index (κ2) is 8.81.